The van der Waals surface area contributed by atoms with Crippen molar-refractivity contribution in [1.29, 1.82) is 0 Å². The van der Waals surface area contributed by atoms with Crippen LogP contribution >= 0.6 is 45.3 Å². The Kier molecular flexibility index (Phi) is 3.73. The first-order chi connectivity index (χ1) is 14.8. The molecule has 0 saturated heterocycles. The van der Waals surface area contributed by atoms with E-state index in [2.05, 4.69) is 84.2 Å². The smallest absolute Gasteiger partial charge is 0.0542 e. The SMILES string of the molecule is c1ccc2c(-c3ccc(-c4ccc5c(c4)sc4c6ccccc6sc54)s3)csc2c1. The summed E-state index contributed by atoms with van der Waals surface area (Å²) in [5.41, 5.74) is 2.67. The van der Waals surface area contributed by atoms with E-state index in [-0.39, 0.29) is 0 Å². The van der Waals surface area contributed by atoms with Gasteiger partial charge in [0.25, 0.3) is 0 Å². The summed E-state index contributed by atoms with van der Waals surface area (Å²) in [7, 11) is 0. The summed E-state index contributed by atoms with van der Waals surface area (Å²) in [4.78, 5) is 2.68. The highest BCUT2D eigenvalue weighted by Gasteiger charge is 2.14. The molecule has 4 heteroatoms. The van der Waals surface area contributed by atoms with E-state index in [0.717, 1.165) is 0 Å². The van der Waals surface area contributed by atoms with Crippen LogP contribution in [0, 0.1) is 0 Å². The largest absolute Gasteiger partial charge is 0.143 e. The van der Waals surface area contributed by atoms with E-state index in [9.17, 15) is 0 Å². The molecule has 30 heavy (non-hydrogen) atoms. The summed E-state index contributed by atoms with van der Waals surface area (Å²) in [5.74, 6) is 0. The number of fused-ring (bicyclic) bond motifs is 6. The Morgan fingerprint density at radius 3 is 2.10 bits per heavy atom. The Morgan fingerprint density at radius 1 is 0.500 bits per heavy atom. The molecule has 0 spiro atoms. The van der Waals surface area contributed by atoms with Crippen LogP contribution in [0.1, 0.15) is 0 Å². The highest BCUT2D eigenvalue weighted by molar-refractivity contribution is 7.36. The van der Waals surface area contributed by atoms with Crippen LogP contribution in [-0.2, 0) is 0 Å². The van der Waals surface area contributed by atoms with Gasteiger partial charge in [0.15, 0.2) is 0 Å². The summed E-state index contributed by atoms with van der Waals surface area (Å²) in [5, 5.41) is 6.43. The first-order valence-corrected chi connectivity index (χ1v) is 13.1. The van der Waals surface area contributed by atoms with Crippen LogP contribution in [0.5, 0.6) is 0 Å². The zero-order valence-corrected chi connectivity index (χ0v) is 19.0. The summed E-state index contributed by atoms with van der Waals surface area (Å²) in [6, 6.07) is 29.0. The molecule has 0 nitrogen and oxygen atoms in total. The van der Waals surface area contributed by atoms with Crippen molar-refractivity contribution in [1.82, 2.24) is 0 Å². The molecule has 7 aromatic rings. The van der Waals surface area contributed by atoms with Gasteiger partial charge in [0.2, 0.25) is 0 Å². The van der Waals surface area contributed by atoms with Crippen LogP contribution in [0.4, 0.5) is 0 Å². The van der Waals surface area contributed by atoms with E-state index in [4.69, 9.17) is 0 Å². The lowest BCUT2D eigenvalue weighted by Gasteiger charge is -1.99. The molecule has 0 radical (unpaired) electrons. The predicted octanol–water partition coefficient (Wildman–Crippen LogP) is 9.88. The molecule has 0 saturated carbocycles. The van der Waals surface area contributed by atoms with Gasteiger partial charge in [-0.15, -0.1) is 45.3 Å². The molecule has 0 atom stereocenters. The monoisotopic (exact) mass is 454 g/mol. The van der Waals surface area contributed by atoms with Crippen molar-refractivity contribution in [3.63, 3.8) is 0 Å². The molecule has 0 aliphatic rings. The lowest BCUT2D eigenvalue weighted by Crippen LogP contribution is -1.71. The molecule has 0 unspecified atom stereocenters. The van der Waals surface area contributed by atoms with E-state index in [1.807, 2.05) is 45.3 Å². The van der Waals surface area contributed by atoms with Crippen LogP contribution in [0.15, 0.2) is 84.2 Å². The summed E-state index contributed by atoms with van der Waals surface area (Å²) >= 11 is 7.57. The predicted molar refractivity (Wildman–Crippen MR) is 139 cm³/mol. The number of rotatable bonds is 2. The van der Waals surface area contributed by atoms with Gasteiger partial charge in [0.05, 0.1) is 9.40 Å². The summed E-state index contributed by atoms with van der Waals surface area (Å²) in [6.07, 6.45) is 0. The number of benzene rings is 3. The van der Waals surface area contributed by atoms with Crippen molar-refractivity contribution in [2.24, 2.45) is 0 Å². The summed E-state index contributed by atoms with van der Waals surface area (Å²) in [6.45, 7) is 0. The van der Waals surface area contributed by atoms with Gasteiger partial charge >= 0.3 is 0 Å². The molecule has 0 fully saturated rings. The quantitative estimate of drug-likeness (QED) is 0.244. The van der Waals surface area contributed by atoms with E-state index < -0.39 is 0 Å². The Hall–Kier alpha value is -2.50. The maximum absolute atomic E-state index is 2.38. The van der Waals surface area contributed by atoms with Crippen LogP contribution < -0.4 is 0 Å². The average Bonchev–Trinajstić information content (AvgIpc) is 3.54. The van der Waals surface area contributed by atoms with Crippen LogP contribution in [-0.4, -0.2) is 0 Å². The molecule has 0 N–H and O–H groups in total. The number of hydrogen-bond donors (Lipinski definition) is 0. The van der Waals surface area contributed by atoms with Crippen LogP contribution in [0.2, 0.25) is 0 Å². The second kappa shape index (κ2) is 6.50. The minimum Gasteiger partial charge on any atom is -0.143 e. The fourth-order valence-electron chi connectivity index (χ4n) is 4.16. The second-order valence-corrected chi connectivity index (χ2v) is 11.5. The fourth-order valence-corrected chi connectivity index (χ4v) is 8.93. The fraction of sp³-hybridized carbons (Fsp3) is 0. The normalized spacial score (nSPS) is 12.0. The highest BCUT2D eigenvalue weighted by atomic mass is 32.1. The average molecular weight is 455 g/mol. The molecule has 0 aliphatic heterocycles. The van der Waals surface area contributed by atoms with E-state index in [0.29, 0.717) is 0 Å². The van der Waals surface area contributed by atoms with Crippen molar-refractivity contribution in [3.8, 4) is 20.9 Å². The van der Waals surface area contributed by atoms with Crippen molar-refractivity contribution in [2.75, 3.05) is 0 Å². The third-order valence-corrected chi connectivity index (χ3v) is 10.3. The minimum atomic E-state index is 1.32. The van der Waals surface area contributed by atoms with Gasteiger partial charge in [-0.1, -0.05) is 48.5 Å². The van der Waals surface area contributed by atoms with Gasteiger partial charge in [0, 0.05) is 51.0 Å². The molecular formula is C26H14S4. The van der Waals surface area contributed by atoms with Gasteiger partial charge in [-0.2, -0.15) is 0 Å². The Morgan fingerprint density at radius 2 is 1.20 bits per heavy atom. The topological polar surface area (TPSA) is 0 Å². The molecule has 0 bridgehead atoms. The molecule has 0 amide bonds. The van der Waals surface area contributed by atoms with Crippen LogP contribution in [0.25, 0.3) is 60.5 Å². The van der Waals surface area contributed by atoms with Gasteiger partial charge in [-0.05, 0) is 35.9 Å². The standard InChI is InChI=1S/C26H14S4/c1-3-7-21-16(5-1)19(14-27-21)23-12-11-20(28-23)15-9-10-18-24(13-15)30-25-17-6-2-4-8-22(17)29-26(18)25/h1-14H. The lowest BCUT2D eigenvalue weighted by molar-refractivity contribution is 1.81. The molecule has 0 aliphatic carbocycles. The van der Waals surface area contributed by atoms with Crippen molar-refractivity contribution in [3.05, 3.63) is 84.2 Å². The maximum atomic E-state index is 2.38. The van der Waals surface area contributed by atoms with Gasteiger partial charge < -0.3 is 0 Å². The molecule has 7 rings (SSSR count). The number of thiophene rings is 4. The zero-order chi connectivity index (χ0) is 19.7. The molecular weight excluding hydrogens is 441 g/mol. The molecule has 4 heterocycles. The van der Waals surface area contributed by atoms with Crippen LogP contribution in [0.3, 0.4) is 0 Å². The summed E-state index contributed by atoms with van der Waals surface area (Å²) < 4.78 is 6.99. The number of hydrogen-bond acceptors (Lipinski definition) is 4. The Labute approximate surface area is 189 Å². The maximum Gasteiger partial charge on any atom is 0.0542 e. The molecule has 142 valence electrons. The Balaban J connectivity index is 1.36. The van der Waals surface area contributed by atoms with Crippen molar-refractivity contribution < 1.29 is 0 Å². The third-order valence-electron chi connectivity index (χ3n) is 5.63. The van der Waals surface area contributed by atoms with E-state index in [1.54, 1.807) is 0 Å². The second-order valence-electron chi connectivity index (χ2n) is 7.38. The first-order valence-electron chi connectivity index (χ1n) is 9.76. The zero-order valence-electron chi connectivity index (χ0n) is 15.7. The van der Waals surface area contributed by atoms with Crippen molar-refractivity contribution in [2.45, 2.75) is 0 Å². The van der Waals surface area contributed by atoms with Gasteiger partial charge in [0.1, 0.15) is 0 Å². The highest BCUT2D eigenvalue weighted by Crippen LogP contribution is 2.46. The first kappa shape index (κ1) is 17.2. The van der Waals surface area contributed by atoms with E-state index >= 15 is 0 Å². The lowest BCUT2D eigenvalue weighted by atomic mass is 10.1. The Bertz CT molecular complexity index is 1700. The minimum absolute atomic E-state index is 1.32. The van der Waals surface area contributed by atoms with Crippen molar-refractivity contribution >= 4 is 85.0 Å². The third kappa shape index (κ3) is 2.48. The van der Waals surface area contributed by atoms with Gasteiger partial charge in [-0.3, -0.25) is 0 Å². The molecule has 3 aromatic carbocycles. The van der Waals surface area contributed by atoms with E-state index in [1.165, 1.54) is 60.5 Å². The van der Waals surface area contributed by atoms with Gasteiger partial charge in [-0.25, -0.2) is 0 Å². The molecule has 4 aromatic heterocycles.